The number of anilines is 4. The summed E-state index contributed by atoms with van der Waals surface area (Å²) in [6.45, 7) is 0.862. The number of hydrogen-bond donors (Lipinski definition) is 1. The average molecular weight is 383 g/mol. The molecule has 2 heterocycles. The fourth-order valence-electron chi connectivity index (χ4n) is 3.19. The fourth-order valence-corrected chi connectivity index (χ4v) is 3.42. The standard InChI is InChI=1S/C20H19ClN4O2/c1-26-17-12-15(18(27-2)11-14(17)21)23-19-7-9-22-20(24-19)25-10-8-13-5-3-4-6-16(13)25/h3-7,9,11-12H,8,10H2,1-2H3,(H,22,23,24). The highest BCUT2D eigenvalue weighted by Gasteiger charge is 2.22. The first-order valence-electron chi connectivity index (χ1n) is 8.56. The van der Waals surface area contributed by atoms with E-state index in [1.54, 1.807) is 32.5 Å². The minimum absolute atomic E-state index is 0.483. The van der Waals surface area contributed by atoms with Crippen LogP contribution < -0.4 is 19.7 Å². The Kier molecular flexibility index (Phi) is 4.73. The van der Waals surface area contributed by atoms with Gasteiger partial charge in [0.15, 0.2) is 0 Å². The highest BCUT2D eigenvalue weighted by atomic mass is 35.5. The Labute approximate surface area is 162 Å². The van der Waals surface area contributed by atoms with Crippen molar-refractivity contribution < 1.29 is 9.47 Å². The molecular weight excluding hydrogens is 364 g/mol. The maximum absolute atomic E-state index is 6.18. The molecule has 0 bridgehead atoms. The topological polar surface area (TPSA) is 59.5 Å². The molecule has 1 N–H and O–H groups in total. The molecular formula is C20H19ClN4O2. The van der Waals surface area contributed by atoms with Crippen molar-refractivity contribution in [3.63, 3.8) is 0 Å². The first kappa shape index (κ1) is 17.4. The van der Waals surface area contributed by atoms with Gasteiger partial charge in [0.2, 0.25) is 5.95 Å². The van der Waals surface area contributed by atoms with Crippen molar-refractivity contribution in [2.24, 2.45) is 0 Å². The minimum Gasteiger partial charge on any atom is -0.495 e. The van der Waals surface area contributed by atoms with Crippen LogP contribution in [0.25, 0.3) is 0 Å². The van der Waals surface area contributed by atoms with Gasteiger partial charge in [-0.15, -0.1) is 0 Å². The van der Waals surface area contributed by atoms with Crippen molar-refractivity contribution in [3.05, 3.63) is 59.2 Å². The fraction of sp³-hybridized carbons (Fsp3) is 0.200. The lowest BCUT2D eigenvalue weighted by atomic mass is 10.2. The van der Waals surface area contributed by atoms with Crippen molar-refractivity contribution in [2.75, 3.05) is 31.0 Å². The van der Waals surface area contributed by atoms with Crippen molar-refractivity contribution in [1.82, 2.24) is 9.97 Å². The molecule has 138 valence electrons. The van der Waals surface area contributed by atoms with Gasteiger partial charge in [-0.2, -0.15) is 4.98 Å². The van der Waals surface area contributed by atoms with Crippen molar-refractivity contribution in [3.8, 4) is 11.5 Å². The van der Waals surface area contributed by atoms with Crippen LogP contribution in [0.3, 0.4) is 0 Å². The van der Waals surface area contributed by atoms with E-state index in [2.05, 4.69) is 38.4 Å². The molecule has 0 atom stereocenters. The number of rotatable bonds is 5. The number of para-hydroxylation sites is 1. The summed E-state index contributed by atoms with van der Waals surface area (Å²) in [5, 5.41) is 3.76. The summed E-state index contributed by atoms with van der Waals surface area (Å²) < 4.78 is 10.7. The smallest absolute Gasteiger partial charge is 0.231 e. The molecule has 0 saturated heterocycles. The van der Waals surface area contributed by atoms with E-state index in [0.717, 1.165) is 18.7 Å². The van der Waals surface area contributed by atoms with E-state index in [-0.39, 0.29) is 0 Å². The number of halogens is 1. The molecule has 4 rings (SSSR count). The molecule has 1 aromatic heterocycles. The molecule has 1 aliphatic heterocycles. The molecule has 27 heavy (non-hydrogen) atoms. The van der Waals surface area contributed by atoms with Crippen LogP contribution in [0.2, 0.25) is 5.02 Å². The van der Waals surface area contributed by atoms with Crippen LogP contribution in [-0.4, -0.2) is 30.7 Å². The lowest BCUT2D eigenvalue weighted by Gasteiger charge is -2.18. The Morgan fingerprint density at radius 3 is 2.70 bits per heavy atom. The Morgan fingerprint density at radius 1 is 1.07 bits per heavy atom. The highest BCUT2D eigenvalue weighted by Crippen LogP contribution is 2.37. The zero-order chi connectivity index (χ0) is 18.8. The first-order valence-corrected chi connectivity index (χ1v) is 8.94. The number of hydrogen-bond acceptors (Lipinski definition) is 6. The summed E-state index contributed by atoms with van der Waals surface area (Å²) in [5.74, 6) is 2.48. The number of methoxy groups -OCH3 is 2. The third-order valence-electron chi connectivity index (χ3n) is 4.51. The van der Waals surface area contributed by atoms with E-state index in [9.17, 15) is 0 Å². The molecule has 3 aromatic rings. The number of nitrogens with zero attached hydrogens (tertiary/aromatic N) is 3. The van der Waals surface area contributed by atoms with Crippen LogP contribution in [0.5, 0.6) is 11.5 Å². The minimum atomic E-state index is 0.483. The number of aromatic nitrogens is 2. The lowest BCUT2D eigenvalue weighted by Crippen LogP contribution is -2.16. The van der Waals surface area contributed by atoms with Gasteiger partial charge in [0.1, 0.15) is 17.3 Å². The maximum atomic E-state index is 6.18. The average Bonchev–Trinajstić information content (AvgIpc) is 3.13. The van der Waals surface area contributed by atoms with E-state index in [1.807, 2.05) is 12.1 Å². The predicted octanol–water partition coefficient (Wildman–Crippen LogP) is 4.59. The Morgan fingerprint density at radius 2 is 1.89 bits per heavy atom. The molecule has 0 radical (unpaired) electrons. The molecule has 0 saturated carbocycles. The highest BCUT2D eigenvalue weighted by molar-refractivity contribution is 6.32. The van der Waals surface area contributed by atoms with Gasteiger partial charge in [-0.3, -0.25) is 0 Å². The predicted molar refractivity (Wildman–Crippen MR) is 107 cm³/mol. The van der Waals surface area contributed by atoms with Crippen molar-refractivity contribution in [2.45, 2.75) is 6.42 Å². The Balaban J connectivity index is 1.65. The number of benzene rings is 2. The summed E-state index contributed by atoms with van der Waals surface area (Å²) in [5.41, 5.74) is 3.18. The second-order valence-electron chi connectivity index (χ2n) is 6.08. The van der Waals surface area contributed by atoms with E-state index < -0.39 is 0 Å². The van der Waals surface area contributed by atoms with E-state index in [1.165, 1.54) is 5.56 Å². The van der Waals surface area contributed by atoms with Gasteiger partial charge in [0.25, 0.3) is 0 Å². The normalized spacial score (nSPS) is 12.6. The van der Waals surface area contributed by atoms with Gasteiger partial charge in [-0.05, 0) is 24.1 Å². The molecule has 0 aliphatic carbocycles. The molecule has 0 spiro atoms. The van der Waals surface area contributed by atoms with E-state index >= 15 is 0 Å². The lowest BCUT2D eigenvalue weighted by molar-refractivity contribution is 0.405. The molecule has 2 aromatic carbocycles. The summed E-state index contributed by atoms with van der Waals surface area (Å²) >= 11 is 6.18. The second kappa shape index (κ2) is 7.32. The molecule has 0 unspecified atom stereocenters. The Bertz CT molecular complexity index is 980. The summed E-state index contributed by atoms with van der Waals surface area (Å²) in [6, 6.07) is 13.6. The molecule has 7 heteroatoms. The van der Waals surface area contributed by atoms with Crippen LogP contribution in [0.15, 0.2) is 48.7 Å². The van der Waals surface area contributed by atoms with Gasteiger partial charge in [0.05, 0.1) is 24.9 Å². The SMILES string of the molecule is COc1cc(Nc2ccnc(N3CCc4ccccc43)n2)c(OC)cc1Cl. The first-order chi connectivity index (χ1) is 13.2. The number of fused-ring (bicyclic) bond motifs is 1. The van der Waals surface area contributed by atoms with Gasteiger partial charge in [-0.1, -0.05) is 29.8 Å². The van der Waals surface area contributed by atoms with Crippen LogP contribution in [0.1, 0.15) is 5.56 Å². The quantitative estimate of drug-likeness (QED) is 0.696. The van der Waals surface area contributed by atoms with Crippen LogP contribution in [-0.2, 0) is 6.42 Å². The van der Waals surface area contributed by atoms with Crippen molar-refractivity contribution >= 4 is 34.7 Å². The van der Waals surface area contributed by atoms with E-state index in [0.29, 0.717) is 34.0 Å². The van der Waals surface area contributed by atoms with Gasteiger partial charge in [0, 0.05) is 30.6 Å². The molecule has 0 amide bonds. The molecule has 0 fully saturated rings. The Hall–Kier alpha value is -2.99. The van der Waals surface area contributed by atoms with Gasteiger partial charge >= 0.3 is 0 Å². The summed E-state index contributed by atoms with van der Waals surface area (Å²) in [6.07, 6.45) is 2.73. The third kappa shape index (κ3) is 3.36. The summed E-state index contributed by atoms with van der Waals surface area (Å²) in [4.78, 5) is 11.3. The van der Waals surface area contributed by atoms with Crippen LogP contribution in [0, 0.1) is 0 Å². The van der Waals surface area contributed by atoms with Crippen LogP contribution >= 0.6 is 11.6 Å². The largest absolute Gasteiger partial charge is 0.495 e. The summed E-state index contributed by atoms with van der Waals surface area (Å²) in [7, 11) is 3.17. The molecule has 1 aliphatic rings. The number of ether oxygens (including phenoxy) is 2. The zero-order valence-corrected chi connectivity index (χ0v) is 15.8. The maximum Gasteiger partial charge on any atom is 0.231 e. The monoisotopic (exact) mass is 382 g/mol. The van der Waals surface area contributed by atoms with Gasteiger partial charge < -0.3 is 19.7 Å². The van der Waals surface area contributed by atoms with Crippen molar-refractivity contribution in [1.29, 1.82) is 0 Å². The third-order valence-corrected chi connectivity index (χ3v) is 4.80. The van der Waals surface area contributed by atoms with Gasteiger partial charge in [-0.25, -0.2) is 4.98 Å². The number of nitrogens with one attached hydrogen (secondary N) is 1. The van der Waals surface area contributed by atoms with E-state index in [4.69, 9.17) is 21.1 Å². The molecule has 6 nitrogen and oxygen atoms in total. The second-order valence-corrected chi connectivity index (χ2v) is 6.49. The zero-order valence-electron chi connectivity index (χ0n) is 15.1. The van der Waals surface area contributed by atoms with Crippen LogP contribution in [0.4, 0.5) is 23.1 Å².